The van der Waals surface area contributed by atoms with Crippen LogP contribution in [0.15, 0.2) is 54.6 Å². The van der Waals surface area contributed by atoms with Crippen molar-refractivity contribution in [3.63, 3.8) is 0 Å². The number of likely N-dealkylation sites (tertiary alicyclic amines) is 1. The molecule has 0 radical (unpaired) electrons. The van der Waals surface area contributed by atoms with E-state index in [1.54, 1.807) is 7.11 Å². The number of amides is 1. The maximum absolute atomic E-state index is 12.7. The Morgan fingerprint density at radius 3 is 2.56 bits per heavy atom. The second-order valence-corrected chi connectivity index (χ2v) is 6.41. The number of carbonyl (C=O) groups is 1. The van der Waals surface area contributed by atoms with Crippen LogP contribution in [0.25, 0.3) is 0 Å². The Kier molecular flexibility index (Phi) is 6.07. The molecule has 2 aromatic carbocycles. The molecular weight excluding hydrogens is 314 g/mol. The van der Waals surface area contributed by atoms with Crippen molar-refractivity contribution in [2.75, 3.05) is 20.3 Å². The number of ether oxygens (including phenoxy) is 2. The van der Waals surface area contributed by atoms with Gasteiger partial charge >= 0.3 is 0 Å². The van der Waals surface area contributed by atoms with Crippen LogP contribution in [0.4, 0.5) is 0 Å². The first kappa shape index (κ1) is 17.5. The van der Waals surface area contributed by atoms with Gasteiger partial charge in [-0.25, -0.2) is 0 Å². The number of nitrogens with zero attached hydrogens (tertiary/aromatic N) is 1. The van der Waals surface area contributed by atoms with Crippen molar-refractivity contribution in [3.05, 3.63) is 65.7 Å². The summed E-state index contributed by atoms with van der Waals surface area (Å²) in [6.07, 6.45) is 2.50. The molecule has 25 heavy (non-hydrogen) atoms. The minimum Gasteiger partial charge on any atom is -0.497 e. The predicted molar refractivity (Wildman–Crippen MR) is 97.5 cm³/mol. The van der Waals surface area contributed by atoms with E-state index >= 15 is 0 Å². The summed E-state index contributed by atoms with van der Waals surface area (Å²) in [5, 5.41) is 0. The van der Waals surface area contributed by atoms with Gasteiger partial charge in [0.2, 0.25) is 5.91 Å². The fourth-order valence-corrected chi connectivity index (χ4v) is 3.24. The second kappa shape index (κ2) is 8.67. The zero-order chi connectivity index (χ0) is 17.5. The summed E-state index contributed by atoms with van der Waals surface area (Å²) in [5.41, 5.74) is 2.18. The van der Waals surface area contributed by atoms with Gasteiger partial charge in [-0.15, -0.1) is 0 Å². The Morgan fingerprint density at radius 1 is 1.08 bits per heavy atom. The van der Waals surface area contributed by atoms with Crippen molar-refractivity contribution in [1.82, 2.24) is 4.90 Å². The lowest BCUT2D eigenvalue weighted by Gasteiger charge is -2.25. The van der Waals surface area contributed by atoms with Crippen LogP contribution in [0.1, 0.15) is 24.0 Å². The molecule has 0 aromatic heterocycles. The Labute approximate surface area is 149 Å². The van der Waals surface area contributed by atoms with Gasteiger partial charge in [-0.05, 0) is 36.1 Å². The van der Waals surface area contributed by atoms with Crippen LogP contribution >= 0.6 is 0 Å². The van der Waals surface area contributed by atoms with Crippen molar-refractivity contribution in [2.24, 2.45) is 0 Å². The average Bonchev–Trinajstić information content (AvgIpc) is 3.12. The fourth-order valence-electron chi connectivity index (χ4n) is 3.24. The quantitative estimate of drug-likeness (QED) is 0.775. The lowest BCUT2D eigenvalue weighted by atomic mass is 10.1. The van der Waals surface area contributed by atoms with Gasteiger partial charge in [0.05, 0.1) is 32.8 Å². The Bertz CT molecular complexity index is 669. The number of hydrogen-bond acceptors (Lipinski definition) is 3. The van der Waals surface area contributed by atoms with Gasteiger partial charge in [0.15, 0.2) is 0 Å². The molecule has 1 aliphatic rings. The third-order valence-electron chi connectivity index (χ3n) is 4.63. The van der Waals surface area contributed by atoms with Crippen LogP contribution in [-0.2, 0) is 22.6 Å². The fraction of sp³-hybridized carbons (Fsp3) is 0.381. The van der Waals surface area contributed by atoms with E-state index in [1.165, 1.54) is 0 Å². The second-order valence-electron chi connectivity index (χ2n) is 6.41. The molecule has 1 atom stereocenters. The summed E-state index contributed by atoms with van der Waals surface area (Å²) in [5.74, 6) is 0.987. The van der Waals surface area contributed by atoms with Crippen molar-refractivity contribution >= 4 is 5.91 Å². The third kappa shape index (κ3) is 4.83. The summed E-state index contributed by atoms with van der Waals surface area (Å²) in [6, 6.07) is 18.0. The van der Waals surface area contributed by atoms with Crippen molar-refractivity contribution in [3.8, 4) is 5.75 Å². The molecule has 1 fully saturated rings. The topological polar surface area (TPSA) is 38.8 Å². The highest BCUT2D eigenvalue weighted by Crippen LogP contribution is 2.20. The zero-order valence-corrected chi connectivity index (χ0v) is 14.7. The molecular formula is C21H25NO3. The molecule has 0 bridgehead atoms. The number of rotatable bonds is 7. The van der Waals surface area contributed by atoms with Crippen molar-refractivity contribution in [2.45, 2.75) is 31.9 Å². The Morgan fingerprint density at radius 2 is 1.84 bits per heavy atom. The largest absolute Gasteiger partial charge is 0.497 e. The van der Waals surface area contributed by atoms with E-state index < -0.39 is 0 Å². The van der Waals surface area contributed by atoms with Gasteiger partial charge in [0, 0.05) is 6.54 Å². The molecule has 0 N–H and O–H groups in total. The van der Waals surface area contributed by atoms with Crippen LogP contribution in [0.5, 0.6) is 5.75 Å². The molecule has 0 spiro atoms. The van der Waals surface area contributed by atoms with E-state index in [1.807, 2.05) is 47.4 Å². The smallest absolute Gasteiger partial charge is 0.227 e. The van der Waals surface area contributed by atoms with Crippen LogP contribution in [0.2, 0.25) is 0 Å². The molecule has 0 saturated carbocycles. The van der Waals surface area contributed by atoms with Gasteiger partial charge in [0.1, 0.15) is 5.75 Å². The molecule has 1 saturated heterocycles. The lowest BCUT2D eigenvalue weighted by molar-refractivity contribution is -0.132. The van der Waals surface area contributed by atoms with Crippen molar-refractivity contribution in [1.29, 1.82) is 0 Å². The standard InChI is InChI=1S/C21H25NO3/c1-24-20-11-9-17(10-12-20)14-21(23)22-13-5-8-19(22)16-25-15-18-6-3-2-4-7-18/h2-4,6-7,9-12,19H,5,8,13-16H2,1H3/t19-/m0/s1. The summed E-state index contributed by atoms with van der Waals surface area (Å²) in [6.45, 7) is 2.02. The van der Waals surface area contributed by atoms with E-state index in [0.717, 1.165) is 36.3 Å². The predicted octanol–water partition coefficient (Wildman–Crippen LogP) is 3.45. The molecule has 0 unspecified atom stereocenters. The maximum atomic E-state index is 12.7. The molecule has 4 nitrogen and oxygen atoms in total. The molecule has 1 heterocycles. The average molecular weight is 339 g/mol. The maximum Gasteiger partial charge on any atom is 0.227 e. The number of benzene rings is 2. The van der Waals surface area contributed by atoms with Crippen LogP contribution < -0.4 is 4.74 Å². The SMILES string of the molecule is COc1ccc(CC(=O)N2CCC[C@H]2COCc2ccccc2)cc1. The van der Waals surface area contributed by atoms with E-state index in [0.29, 0.717) is 19.6 Å². The third-order valence-corrected chi connectivity index (χ3v) is 4.63. The molecule has 2 aromatic rings. The highest BCUT2D eigenvalue weighted by Gasteiger charge is 2.28. The Balaban J connectivity index is 1.50. The molecule has 132 valence electrons. The first-order chi connectivity index (χ1) is 12.3. The first-order valence-electron chi connectivity index (χ1n) is 8.80. The summed E-state index contributed by atoms with van der Waals surface area (Å²) in [4.78, 5) is 14.6. The van der Waals surface area contributed by atoms with E-state index in [9.17, 15) is 4.79 Å². The number of hydrogen-bond donors (Lipinski definition) is 0. The summed E-state index contributed by atoms with van der Waals surface area (Å²) in [7, 11) is 1.64. The lowest BCUT2D eigenvalue weighted by Crippen LogP contribution is -2.39. The highest BCUT2D eigenvalue weighted by atomic mass is 16.5. The van der Waals surface area contributed by atoms with E-state index in [4.69, 9.17) is 9.47 Å². The summed E-state index contributed by atoms with van der Waals surface area (Å²) < 4.78 is 11.0. The normalized spacial score (nSPS) is 16.8. The van der Waals surface area contributed by atoms with Crippen LogP contribution in [0, 0.1) is 0 Å². The highest BCUT2D eigenvalue weighted by molar-refractivity contribution is 5.79. The van der Waals surface area contributed by atoms with Crippen molar-refractivity contribution < 1.29 is 14.3 Å². The van der Waals surface area contributed by atoms with Gasteiger partial charge < -0.3 is 14.4 Å². The van der Waals surface area contributed by atoms with Crippen LogP contribution in [0.3, 0.4) is 0 Å². The first-order valence-corrected chi connectivity index (χ1v) is 8.80. The molecule has 0 aliphatic carbocycles. The van der Waals surface area contributed by atoms with Gasteiger partial charge in [-0.1, -0.05) is 42.5 Å². The monoisotopic (exact) mass is 339 g/mol. The molecule has 1 amide bonds. The van der Waals surface area contributed by atoms with Gasteiger partial charge in [0.25, 0.3) is 0 Å². The van der Waals surface area contributed by atoms with Crippen LogP contribution in [-0.4, -0.2) is 37.1 Å². The molecule has 3 rings (SSSR count). The van der Waals surface area contributed by atoms with Gasteiger partial charge in [-0.3, -0.25) is 4.79 Å². The van der Waals surface area contributed by atoms with E-state index in [2.05, 4.69) is 12.1 Å². The minimum absolute atomic E-state index is 0.177. The minimum atomic E-state index is 0.177. The van der Waals surface area contributed by atoms with E-state index in [-0.39, 0.29) is 11.9 Å². The Hall–Kier alpha value is -2.33. The zero-order valence-electron chi connectivity index (χ0n) is 14.7. The molecule has 1 aliphatic heterocycles. The van der Waals surface area contributed by atoms with Gasteiger partial charge in [-0.2, -0.15) is 0 Å². The summed E-state index contributed by atoms with van der Waals surface area (Å²) >= 11 is 0. The molecule has 4 heteroatoms. The number of methoxy groups -OCH3 is 1. The number of carbonyl (C=O) groups excluding carboxylic acids is 1.